The molecule has 25 heavy (non-hydrogen) atoms. The van der Waals surface area contributed by atoms with E-state index < -0.39 is 0 Å². The molecule has 0 radical (unpaired) electrons. The minimum Gasteiger partial charge on any atom is -0.302 e. The highest BCUT2D eigenvalue weighted by atomic mass is 35.5. The lowest BCUT2D eigenvalue weighted by molar-refractivity contribution is 0.0958. The van der Waals surface area contributed by atoms with Crippen LogP contribution in [0, 0.1) is 0 Å². The molecular weight excluding hydrogens is 350 g/mol. The number of hydrogen-bond acceptors (Lipinski definition) is 2. The van der Waals surface area contributed by atoms with E-state index in [1.54, 1.807) is 0 Å². The van der Waals surface area contributed by atoms with Crippen LogP contribution in [0.4, 0.5) is 5.69 Å². The van der Waals surface area contributed by atoms with Crippen molar-refractivity contribution in [2.24, 2.45) is 0 Å². The number of para-hydroxylation sites is 1. The molecule has 1 amide bonds. The van der Waals surface area contributed by atoms with E-state index in [-0.39, 0.29) is 11.4 Å². The molecule has 4 heteroatoms. The highest BCUT2D eigenvalue weighted by Gasteiger charge is 2.41. The summed E-state index contributed by atoms with van der Waals surface area (Å²) in [5.74, 6) is 0.420. The number of nitrogens with zero attached hydrogens (tertiary/aromatic N) is 1. The summed E-state index contributed by atoms with van der Waals surface area (Å²) in [5, 5.41) is 1.52. The molecule has 3 aromatic rings. The maximum absolute atomic E-state index is 13.5. The van der Waals surface area contributed by atoms with Gasteiger partial charge in [0, 0.05) is 21.3 Å². The monoisotopic (exact) mass is 369 g/mol. The number of anilines is 1. The lowest BCUT2D eigenvalue weighted by Crippen LogP contribution is -2.51. The molecule has 0 spiro atoms. The fraction of sp³-hybridized carbons (Fsp3) is 0.286. The summed E-state index contributed by atoms with van der Waals surface area (Å²) < 4.78 is 1.05. The van der Waals surface area contributed by atoms with Crippen LogP contribution in [0.2, 0.25) is 5.02 Å². The van der Waals surface area contributed by atoms with Gasteiger partial charge in [-0.3, -0.25) is 4.79 Å². The van der Waals surface area contributed by atoms with Crippen molar-refractivity contribution in [2.45, 2.75) is 38.6 Å². The van der Waals surface area contributed by atoms with Gasteiger partial charge in [0.25, 0.3) is 5.91 Å². The van der Waals surface area contributed by atoms with Gasteiger partial charge in [0.15, 0.2) is 0 Å². The Bertz CT molecular complexity index is 975. The van der Waals surface area contributed by atoms with Crippen molar-refractivity contribution < 1.29 is 4.79 Å². The number of rotatable bonds is 1. The van der Waals surface area contributed by atoms with Crippen LogP contribution in [0.1, 0.15) is 48.3 Å². The van der Waals surface area contributed by atoms with E-state index in [4.69, 9.17) is 11.6 Å². The Morgan fingerprint density at radius 3 is 2.60 bits per heavy atom. The number of amides is 1. The molecule has 1 unspecified atom stereocenters. The van der Waals surface area contributed by atoms with Gasteiger partial charge in [-0.15, -0.1) is 11.3 Å². The minimum absolute atomic E-state index is 0.00412. The summed E-state index contributed by atoms with van der Waals surface area (Å²) in [6.45, 7) is 6.51. The van der Waals surface area contributed by atoms with E-state index >= 15 is 0 Å². The Balaban J connectivity index is 1.88. The first kappa shape index (κ1) is 16.6. The van der Waals surface area contributed by atoms with E-state index in [0.717, 1.165) is 22.2 Å². The molecule has 2 nitrogen and oxygen atoms in total. The third-order valence-corrected chi connectivity index (χ3v) is 6.72. The average molecular weight is 370 g/mol. The van der Waals surface area contributed by atoms with E-state index in [2.05, 4.69) is 26.8 Å². The first-order chi connectivity index (χ1) is 11.9. The predicted molar refractivity (Wildman–Crippen MR) is 107 cm³/mol. The third kappa shape index (κ3) is 2.57. The summed E-state index contributed by atoms with van der Waals surface area (Å²) in [5.41, 5.74) is 1.97. The van der Waals surface area contributed by atoms with Gasteiger partial charge in [-0.1, -0.05) is 54.9 Å². The Morgan fingerprint density at radius 1 is 1.16 bits per heavy atom. The van der Waals surface area contributed by atoms with Gasteiger partial charge in [-0.05, 0) is 43.9 Å². The minimum atomic E-state index is -0.260. The normalized spacial score (nSPS) is 19.0. The molecule has 1 aliphatic heterocycles. The fourth-order valence-corrected chi connectivity index (χ4v) is 5.46. The summed E-state index contributed by atoms with van der Waals surface area (Å²) >= 11 is 8.06. The molecule has 1 atom stereocenters. The van der Waals surface area contributed by atoms with Gasteiger partial charge in [0.05, 0.1) is 5.02 Å². The van der Waals surface area contributed by atoms with Crippen molar-refractivity contribution in [3.63, 3.8) is 0 Å². The molecule has 0 aliphatic carbocycles. The maximum atomic E-state index is 13.5. The zero-order valence-electron chi connectivity index (χ0n) is 14.5. The molecule has 0 saturated heterocycles. The first-order valence-electron chi connectivity index (χ1n) is 8.50. The second-order valence-corrected chi connectivity index (χ2v) is 8.79. The largest absolute Gasteiger partial charge is 0.302 e. The zero-order valence-corrected chi connectivity index (χ0v) is 16.1. The van der Waals surface area contributed by atoms with Crippen LogP contribution in [-0.4, -0.2) is 11.4 Å². The second-order valence-electron chi connectivity index (χ2n) is 7.36. The number of fused-ring (bicyclic) bond motifs is 2. The van der Waals surface area contributed by atoms with Crippen LogP contribution in [0.5, 0.6) is 0 Å². The van der Waals surface area contributed by atoms with Gasteiger partial charge >= 0.3 is 0 Å². The van der Waals surface area contributed by atoms with Gasteiger partial charge in [-0.2, -0.15) is 0 Å². The number of carbonyl (C=O) groups is 1. The third-order valence-electron chi connectivity index (χ3n) is 5.05. The van der Waals surface area contributed by atoms with E-state index in [1.807, 2.05) is 47.4 Å². The van der Waals surface area contributed by atoms with Crippen LogP contribution in [-0.2, 0) is 0 Å². The summed E-state index contributed by atoms with van der Waals surface area (Å²) in [7, 11) is 0. The van der Waals surface area contributed by atoms with Crippen LogP contribution in [0.15, 0.2) is 48.5 Å². The van der Waals surface area contributed by atoms with Crippen molar-refractivity contribution in [3.05, 3.63) is 64.0 Å². The first-order valence-corrected chi connectivity index (χ1v) is 9.70. The van der Waals surface area contributed by atoms with Gasteiger partial charge < -0.3 is 4.90 Å². The molecule has 1 aliphatic rings. The number of hydrogen-bond donors (Lipinski definition) is 0. The van der Waals surface area contributed by atoms with Gasteiger partial charge in [0.1, 0.15) is 4.88 Å². The van der Waals surface area contributed by atoms with E-state index in [9.17, 15) is 4.79 Å². The molecule has 2 heterocycles. The summed E-state index contributed by atoms with van der Waals surface area (Å²) in [6.07, 6.45) is 0.929. The molecule has 0 saturated carbocycles. The Morgan fingerprint density at radius 2 is 1.84 bits per heavy atom. The standard InChI is InChI=1S/C21H20ClNOS/c1-13-12-21(2,3)23(16-10-6-4-8-14(13)16)20(24)19-18(22)15-9-5-7-11-17(15)25-19/h4-11,13H,12H2,1-3H3. The van der Waals surface area contributed by atoms with Crippen molar-refractivity contribution in [1.82, 2.24) is 0 Å². The van der Waals surface area contributed by atoms with E-state index in [1.165, 1.54) is 16.9 Å². The van der Waals surface area contributed by atoms with Crippen LogP contribution >= 0.6 is 22.9 Å². The topological polar surface area (TPSA) is 20.3 Å². The quantitative estimate of drug-likeness (QED) is 0.480. The lowest BCUT2D eigenvalue weighted by Gasteiger charge is -2.45. The highest BCUT2D eigenvalue weighted by Crippen LogP contribution is 2.45. The number of carbonyl (C=O) groups excluding carboxylic acids is 1. The van der Waals surface area contributed by atoms with Crippen molar-refractivity contribution >= 4 is 44.6 Å². The van der Waals surface area contributed by atoms with Crippen molar-refractivity contribution in [2.75, 3.05) is 4.90 Å². The Hall–Kier alpha value is -1.84. The highest BCUT2D eigenvalue weighted by molar-refractivity contribution is 7.21. The molecule has 1 aromatic heterocycles. The maximum Gasteiger partial charge on any atom is 0.270 e. The Labute approximate surface area is 157 Å². The van der Waals surface area contributed by atoms with Crippen LogP contribution < -0.4 is 4.90 Å². The number of benzene rings is 2. The predicted octanol–water partition coefficient (Wildman–Crippen LogP) is 6.49. The molecule has 0 fully saturated rings. The number of halogens is 1. The smallest absolute Gasteiger partial charge is 0.270 e. The van der Waals surface area contributed by atoms with E-state index in [0.29, 0.717) is 15.8 Å². The van der Waals surface area contributed by atoms with Gasteiger partial charge in [0.2, 0.25) is 0 Å². The fourth-order valence-electron chi connectivity index (χ4n) is 4.02. The average Bonchev–Trinajstić information content (AvgIpc) is 2.91. The number of thiophene rings is 1. The SMILES string of the molecule is CC1CC(C)(C)N(C(=O)c2sc3ccccc3c2Cl)c2ccccc21. The lowest BCUT2D eigenvalue weighted by atomic mass is 9.80. The van der Waals surface area contributed by atoms with Gasteiger partial charge in [-0.25, -0.2) is 0 Å². The molecule has 2 aromatic carbocycles. The summed E-state index contributed by atoms with van der Waals surface area (Å²) in [6, 6.07) is 16.1. The second kappa shape index (κ2) is 5.86. The molecule has 128 valence electrons. The van der Waals surface area contributed by atoms with Crippen LogP contribution in [0.25, 0.3) is 10.1 Å². The molecule has 0 N–H and O–H groups in total. The molecule has 0 bridgehead atoms. The van der Waals surface area contributed by atoms with Crippen LogP contribution in [0.3, 0.4) is 0 Å². The molecule has 4 rings (SSSR count). The Kier molecular flexibility index (Phi) is 3.89. The van der Waals surface area contributed by atoms with Crippen molar-refractivity contribution in [1.29, 1.82) is 0 Å². The zero-order chi connectivity index (χ0) is 17.8. The molecular formula is C21H20ClNOS. The van der Waals surface area contributed by atoms with Crippen molar-refractivity contribution in [3.8, 4) is 0 Å². The summed E-state index contributed by atoms with van der Waals surface area (Å²) in [4.78, 5) is 16.1.